The number of carbonyl (C=O) groups excluding carboxylic acids is 1. The van der Waals surface area contributed by atoms with Gasteiger partial charge in [0, 0.05) is 7.05 Å². The standard InChI is InChI=1S/C11H12F3NO4S/c1-8-4-3-5-9(6-8)7-10(16)15(2)19-20(17,18)11(12,13)14/h3-6H,7H2,1-2H3. The number of amides is 1. The molecule has 0 bridgehead atoms. The lowest BCUT2D eigenvalue weighted by molar-refractivity contribution is -0.154. The Hall–Kier alpha value is -1.61. The number of likely N-dealkylation sites (N-methyl/N-ethyl adjacent to an activating group) is 1. The lowest BCUT2D eigenvalue weighted by atomic mass is 10.1. The predicted molar refractivity (Wildman–Crippen MR) is 63.7 cm³/mol. The van der Waals surface area contributed by atoms with Gasteiger partial charge in [0.1, 0.15) is 0 Å². The van der Waals surface area contributed by atoms with Crippen molar-refractivity contribution >= 4 is 16.0 Å². The Morgan fingerprint density at radius 2 is 1.95 bits per heavy atom. The summed E-state index contributed by atoms with van der Waals surface area (Å²) in [6.07, 6.45) is -0.272. The molecule has 1 aromatic rings. The predicted octanol–water partition coefficient (Wildman–Crippen LogP) is 1.78. The van der Waals surface area contributed by atoms with E-state index in [1.54, 1.807) is 31.2 Å². The number of hydroxylamine groups is 2. The first-order valence-electron chi connectivity index (χ1n) is 5.36. The summed E-state index contributed by atoms with van der Waals surface area (Å²) in [6, 6.07) is 6.70. The fraction of sp³-hybridized carbons (Fsp3) is 0.364. The largest absolute Gasteiger partial charge is 0.525 e. The molecular weight excluding hydrogens is 299 g/mol. The number of nitrogens with zero attached hydrogens (tertiary/aromatic N) is 1. The maximum atomic E-state index is 12.1. The summed E-state index contributed by atoms with van der Waals surface area (Å²) in [4.78, 5) is 11.6. The number of alkyl halides is 3. The van der Waals surface area contributed by atoms with Gasteiger partial charge in [0.05, 0.1) is 6.42 Å². The molecule has 9 heteroatoms. The normalized spacial score (nSPS) is 12.2. The molecule has 112 valence electrons. The molecule has 20 heavy (non-hydrogen) atoms. The number of carbonyl (C=O) groups is 1. The molecule has 0 radical (unpaired) electrons. The second-order valence-corrected chi connectivity index (χ2v) is 5.55. The van der Waals surface area contributed by atoms with Crippen LogP contribution in [0.5, 0.6) is 0 Å². The molecule has 5 nitrogen and oxygen atoms in total. The van der Waals surface area contributed by atoms with Crippen LogP contribution in [0.15, 0.2) is 24.3 Å². The zero-order valence-corrected chi connectivity index (χ0v) is 11.5. The quantitative estimate of drug-likeness (QED) is 0.628. The van der Waals surface area contributed by atoms with Crippen molar-refractivity contribution < 1.29 is 30.7 Å². The van der Waals surface area contributed by atoms with E-state index in [4.69, 9.17) is 0 Å². The summed E-state index contributed by atoms with van der Waals surface area (Å²) in [6.45, 7) is 1.78. The number of benzene rings is 1. The second-order valence-electron chi connectivity index (χ2n) is 4.03. The number of aryl methyl sites for hydroxylation is 1. The molecule has 0 aliphatic heterocycles. The Kier molecular flexibility index (Phi) is 4.77. The third-order valence-electron chi connectivity index (χ3n) is 2.28. The lowest BCUT2D eigenvalue weighted by Gasteiger charge is -2.17. The summed E-state index contributed by atoms with van der Waals surface area (Å²) < 4.78 is 61.4. The molecule has 0 aliphatic rings. The molecule has 0 heterocycles. The molecule has 0 saturated carbocycles. The molecule has 1 aromatic carbocycles. The van der Waals surface area contributed by atoms with Crippen molar-refractivity contribution in [2.24, 2.45) is 0 Å². The molecule has 0 N–H and O–H groups in total. The molecule has 0 fully saturated rings. The summed E-state index contributed by atoms with van der Waals surface area (Å²) in [5, 5.41) is 0.0607. The average Bonchev–Trinajstić information content (AvgIpc) is 2.26. The van der Waals surface area contributed by atoms with E-state index < -0.39 is 21.5 Å². The van der Waals surface area contributed by atoms with E-state index in [1.165, 1.54) is 0 Å². The maximum absolute atomic E-state index is 12.1. The van der Waals surface area contributed by atoms with Gasteiger partial charge >= 0.3 is 15.6 Å². The molecule has 0 unspecified atom stereocenters. The average molecular weight is 311 g/mol. The number of hydrogen-bond donors (Lipinski definition) is 0. The van der Waals surface area contributed by atoms with Gasteiger partial charge < -0.3 is 0 Å². The highest BCUT2D eigenvalue weighted by atomic mass is 32.2. The van der Waals surface area contributed by atoms with Gasteiger partial charge in [-0.25, -0.2) is 5.06 Å². The molecule has 0 saturated heterocycles. The van der Waals surface area contributed by atoms with Crippen molar-refractivity contribution in [3.63, 3.8) is 0 Å². The van der Waals surface area contributed by atoms with Crippen LogP contribution in [-0.2, 0) is 25.6 Å². The highest BCUT2D eigenvalue weighted by Crippen LogP contribution is 2.25. The van der Waals surface area contributed by atoms with Crippen LogP contribution in [0.4, 0.5) is 13.2 Å². The van der Waals surface area contributed by atoms with Crippen molar-refractivity contribution in [2.75, 3.05) is 7.05 Å². The Bertz CT molecular complexity index is 598. The summed E-state index contributed by atoms with van der Waals surface area (Å²) >= 11 is 0. The summed E-state index contributed by atoms with van der Waals surface area (Å²) in [5.74, 6) is -0.913. The molecule has 0 aliphatic carbocycles. The van der Waals surface area contributed by atoms with E-state index in [0.29, 0.717) is 5.56 Å². The van der Waals surface area contributed by atoms with Crippen molar-refractivity contribution in [3.05, 3.63) is 35.4 Å². The van der Waals surface area contributed by atoms with E-state index in [2.05, 4.69) is 4.28 Å². The van der Waals surface area contributed by atoms with Crippen molar-refractivity contribution in [1.29, 1.82) is 0 Å². The van der Waals surface area contributed by atoms with Crippen LogP contribution in [0, 0.1) is 6.92 Å². The van der Waals surface area contributed by atoms with Crippen LogP contribution in [0.3, 0.4) is 0 Å². The third kappa shape index (κ3) is 4.20. The zero-order chi connectivity index (χ0) is 15.6. The fourth-order valence-electron chi connectivity index (χ4n) is 1.34. The number of rotatable bonds is 4. The van der Waals surface area contributed by atoms with Crippen LogP contribution in [0.1, 0.15) is 11.1 Å². The van der Waals surface area contributed by atoms with Gasteiger partial charge in [-0.2, -0.15) is 21.6 Å². The minimum absolute atomic E-state index is 0.0607. The van der Waals surface area contributed by atoms with Gasteiger partial charge in [0.15, 0.2) is 0 Å². The zero-order valence-electron chi connectivity index (χ0n) is 10.6. The molecule has 0 spiro atoms. The van der Waals surface area contributed by atoms with Crippen molar-refractivity contribution in [1.82, 2.24) is 5.06 Å². The van der Waals surface area contributed by atoms with Crippen LogP contribution in [-0.4, -0.2) is 31.9 Å². The van der Waals surface area contributed by atoms with Gasteiger partial charge in [0.25, 0.3) is 5.91 Å². The highest BCUT2D eigenvalue weighted by molar-refractivity contribution is 7.87. The van der Waals surface area contributed by atoms with Crippen molar-refractivity contribution in [3.8, 4) is 0 Å². The summed E-state index contributed by atoms with van der Waals surface area (Å²) in [7, 11) is -5.03. The summed E-state index contributed by atoms with van der Waals surface area (Å²) in [5.41, 5.74) is -4.18. The van der Waals surface area contributed by atoms with E-state index in [1.807, 2.05) is 0 Å². The van der Waals surface area contributed by atoms with Crippen molar-refractivity contribution in [2.45, 2.75) is 18.9 Å². The molecule has 0 atom stereocenters. The smallest absolute Gasteiger partial charge is 0.272 e. The SMILES string of the molecule is Cc1cccc(CC(=O)N(C)OS(=O)(=O)C(F)(F)F)c1. The van der Waals surface area contributed by atoms with Gasteiger partial charge in [-0.1, -0.05) is 29.8 Å². The Morgan fingerprint density at radius 3 is 2.45 bits per heavy atom. The van der Waals surface area contributed by atoms with E-state index in [9.17, 15) is 26.4 Å². The second kappa shape index (κ2) is 5.80. The number of halogens is 3. The van der Waals surface area contributed by atoms with Gasteiger partial charge in [0.2, 0.25) is 0 Å². The van der Waals surface area contributed by atoms with Gasteiger partial charge in [-0.05, 0) is 12.5 Å². The van der Waals surface area contributed by atoms with E-state index in [0.717, 1.165) is 12.6 Å². The van der Waals surface area contributed by atoms with Gasteiger partial charge in [-0.3, -0.25) is 4.79 Å². The van der Waals surface area contributed by atoms with Crippen LogP contribution in [0.2, 0.25) is 0 Å². The van der Waals surface area contributed by atoms with E-state index >= 15 is 0 Å². The topological polar surface area (TPSA) is 63.7 Å². The molecule has 0 aromatic heterocycles. The Balaban J connectivity index is 2.74. The third-order valence-corrected chi connectivity index (χ3v) is 3.27. The van der Waals surface area contributed by atoms with Crippen LogP contribution < -0.4 is 0 Å². The lowest BCUT2D eigenvalue weighted by Crippen LogP contribution is -2.36. The van der Waals surface area contributed by atoms with Crippen LogP contribution in [0.25, 0.3) is 0 Å². The Morgan fingerprint density at radius 1 is 1.35 bits per heavy atom. The minimum atomic E-state index is -5.84. The van der Waals surface area contributed by atoms with Crippen LogP contribution >= 0.6 is 0 Å². The molecule has 1 amide bonds. The monoisotopic (exact) mass is 311 g/mol. The number of hydrogen-bond acceptors (Lipinski definition) is 4. The first-order chi connectivity index (χ1) is 9.03. The van der Waals surface area contributed by atoms with E-state index in [-0.39, 0.29) is 11.5 Å². The fourth-order valence-corrected chi connectivity index (χ4v) is 1.80. The first kappa shape index (κ1) is 16.4. The highest BCUT2D eigenvalue weighted by Gasteiger charge is 2.49. The molecule has 1 rings (SSSR count). The van der Waals surface area contributed by atoms with Gasteiger partial charge in [-0.15, -0.1) is 4.28 Å². The first-order valence-corrected chi connectivity index (χ1v) is 6.77. The Labute approximate surface area is 114 Å². The minimum Gasteiger partial charge on any atom is -0.272 e. The molecular formula is C11H12F3NO4S. The maximum Gasteiger partial charge on any atom is 0.525 e.